The third-order valence-electron chi connectivity index (χ3n) is 16.3. The van der Waals surface area contributed by atoms with Crippen molar-refractivity contribution >= 4 is 100 Å². The number of rotatable bonds is 7. The van der Waals surface area contributed by atoms with Crippen LogP contribution < -0.4 is 26.2 Å². The lowest BCUT2D eigenvalue weighted by molar-refractivity contribution is 1.18. The first-order valence-electron chi connectivity index (χ1n) is 27.1. The molecule has 0 atom stereocenters. The van der Waals surface area contributed by atoms with Gasteiger partial charge in [0.2, 0.25) is 0 Å². The van der Waals surface area contributed by atoms with Gasteiger partial charge in [0.25, 0.3) is 6.71 Å². The molecule has 0 saturated heterocycles. The predicted molar refractivity (Wildman–Crippen MR) is 333 cm³/mol. The molecule has 16 rings (SSSR count). The minimum absolute atomic E-state index is 0.146. The second-order valence-electron chi connectivity index (χ2n) is 21.0. The van der Waals surface area contributed by atoms with E-state index < -0.39 is 0 Å². The van der Waals surface area contributed by atoms with E-state index in [1.807, 2.05) is 0 Å². The molecule has 0 saturated carbocycles. The summed E-state index contributed by atoms with van der Waals surface area (Å²) in [4.78, 5) is 16.1. The Hall–Kier alpha value is -10.4. The van der Waals surface area contributed by atoms with Gasteiger partial charge in [0.1, 0.15) is 0 Å². The van der Waals surface area contributed by atoms with Gasteiger partial charge in [0.15, 0.2) is 5.82 Å². The first-order chi connectivity index (χ1) is 39.1. The van der Waals surface area contributed by atoms with Gasteiger partial charge in [-0.25, -0.2) is 9.97 Å². The van der Waals surface area contributed by atoms with Crippen molar-refractivity contribution in [3.05, 3.63) is 285 Å². The lowest BCUT2D eigenvalue weighted by Gasteiger charge is -2.44. The van der Waals surface area contributed by atoms with Crippen LogP contribution in [0.3, 0.4) is 0 Å². The van der Waals surface area contributed by atoms with Crippen molar-refractivity contribution in [3.8, 4) is 56.2 Å². The summed E-state index contributed by atoms with van der Waals surface area (Å²) in [7, 11) is 0. The van der Waals surface area contributed by atoms with E-state index in [2.05, 4.69) is 295 Å². The van der Waals surface area contributed by atoms with Crippen LogP contribution in [0.2, 0.25) is 0 Å². The number of hydrogen-bond acceptors (Lipinski definition) is 4. The molecule has 1 aromatic heterocycles. The number of aromatic nitrogens is 2. The fourth-order valence-electron chi connectivity index (χ4n) is 12.5. The van der Waals surface area contributed by atoms with E-state index in [0.717, 1.165) is 62.2 Å². The average molecular weight is 1000 g/mol. The molecule has 0 N–H and O–H groups in total. The van der Waals surface area contributed by atoms with Gasteiger partial charge >= 0.3 is 0 Å². The van der Waals surface area contributed by atoms with Crippen LogP contribution in [0.5, 0.6) is 0 Å². The molecule has 4 nitrogen and oxygen atoms in total. The molecule has 0 radical (unpaired) electrons. The SMILES string of the molecule is c1ccc(-c2ccc(N3c4cc5cc6ccccc6cc5cc4B4c5cc6cc7ccccc7cc6cc5N(c5ccc(-c6ccccc6)cc5)c5cc(-c6nc(-c7ccccc7)cc(-c7ccccc7)n6)cc3c54)cc2)cc1. The summed E-state index contributed by atoms with van der Waals surface area (Å²) in [6.45, 7) is -0.146. The highest BCUT2D eigenvalue weighted by atomic mass is 15.2. The first-order valence-corrected chi connectivity index (χ1v) is 27.1. The van der Waals surface area contributed by atoms with E-state index in [-0.39, 0.29) is 6.71 Å². The molecule has 0 aliphatic carbocycles. The zero-order chi connectivity index (χ0) is 52.0. The summed E-state index contributed by atoms with van der Waals surface area (Å²) in [5.41, 5.74) is 19.7. The fraction of sp³-hybridized carbons (Fsp3) is 0. The van der Waals surface area contributed by atoms with Crippen LogP contribution in [0.4, 0.5) is 34.1 Å². The quantitative estimate of drug-likeness (QED) is 0.118. The van der Waals surface area contributed by atoms with E-state index in [1.54, 1.807) is 0 Å². The maximum Gasteiger partial charge on any atom is 0.252 e. The minimum Gasteiger partial charge on any atom is -0.311 e. The molecule has 0 fully saturated rings. The summed E-state index contributed by atoms with van der Waals surface area (Å²) >= 11 is 0. The lowest BCUT2D eigenvalue weighted by atomic mass is 9.33. The van der Waals surface area contributed by atoms with Crippen LogP contribution in [0.1, 0.15) is 0 Å². The van der Waals surface area contributed by atoms with Gasteiger partial charge in [-0.1, -0.05) is 206 Å². The van der Waals surface area contributed by atoms with E-state index in [0.29, 0.717) is 5.82 Å². The molecule has 366 valence electrons. The van der Waals surface area contributed by atoms with Gasteiger partial charge in [0.05, 0.1) is 11.4 Å². The van der Waals surface area contributed by atoms with Crippen LogP contribution in [-0.2, 0) is 0 Å². The smallest absolute Gasteiger partial charge is 0.252 e. The van der Waals surface area contributed by atoms with Gasteiger partial charge in [-0.2, -0.15) is 0 Å². The minimum atomic E-state index is -0.146. The molecule has 2 aliphatic rings. The van der Waals surface area contributed by atoms with Gasteiger partial charge in [-0.05, 0) is 161 Å². The monoisotopic (exact) mass is 1000 g/mol. The van der Waals surface area contributed by atoms with Crippen molar-refractivity contribution in [2.45, 2.75) is 0 Å². The highest BCUT2D eigenvalue weighted by Gasteiger charge is 2.44. The average Bonchev–Trinajstić information content (AvgIpc) is 3.17. The Bertz CT molecular complexity index is 4410. The molecular weight excluding hydrogens is 956 g/mol. The zero-order valence-electron chi connectivity index (χ0n) is 43.0. The van der Waals surface area contributed by atoms with Gasteiger partial charge in [-0.15, -0.1) is 0 Å². The summed E-state index contributed by atoms with van der Waals surface area (Å²) in [5, 5.41) is 9.69. The van der Waals surface area contributed by atoms with E-state index in [4.69, 9.17) is 9.97 Å². The Morgan fingerprint density at radius 3 is 0.949 bits per heavy atom. The maximum absolute atomic E-state index is 5.53. The topological polar surface area (TPSA) is 32.3 Å². The Kier molecular flexibility index (Phi) is 10.3. The third kappa shape index (κ3) is 7.62. The summed E-state index contributed by atoms with van der Waals surface area (Å²) in [6.07, 6.45) is 0. The van der Waals surface area contributed by atoms with Crippen LogP contribution >= 0.6 is 0 Å². The summed E-state index contributed by atoms with van der Waals surface area (Å²) in [5.74, 6) is 0.654. The van der Waals surface area contributed by atoms with Crippen LogP contribution in [0.15, 0.2) is 285 Å². The lowest BCUT2D eigenvalue weighted by Crippen LogP contribution is -2.61. The largest absolute Gasteiger partial charge is 0.311 e. The normalized spacial score (nSPS) is 12.5. The number of anilines is 6. The molecule has 5 heteroatoms. The van der Waals surface area contributed by atoms with E-state index in [1.165, 1.54) is 81.7 Å². The molecule has 2 aliphatic heterocycles. The van der Waals surface area contributed by atoms with E-state index in [9.17, 15) is 0 Å². The number of nitrogens with zero attached hydrogens (tertiary/aromatic N) is 4. The van der Waals surface area contributed by atoms with Crippen molar-refractivity contribution in [2.75, 3.05) is 9.80 Å². The van der Waals surface area contributed by atoms with Crippen molar-refractivity contribution in [1.82, 2.24) is 9.97 Å². The van der Waals surface area contributed by atoms with E-state index >= 15 is 0 Å². The predicted octanol–water partition coefficient (Wildman–Crippen LogP) is 17.5. The van der Waals surface area contributed by atoms with Crippen molar-refractivity contribution < 1.29 is 0 Å². The third-order valence-corrected chi connectivity index (χ3v) is 16.3. The van der Waals surface area contributed by atoms with Gasteiger partial charge in [0, 0.05) is 50.8 Å². The Balaban J connectivity index is 1.03. The molecule has 79 heavy (non-hydrogen) atoms. The molecule has 3 heterocycles. The zero-order valence-corrected chi connectivity index (χ0v) is 43.0. The fourth-order valence-corrected chi connectivity index (χ4v) is 12.5. The number of hydrogen-bond donors (Lipinski definition) is 0. The van der Waals surface area contributed by atoms with Crippen molar-refractivity contribution in [2.24, 2.45) is 0 Å². The Labute approximate surface area is 458 Å². The Morgan fingerprint density at radius 1 is 0.241 bits per heavy atom. The number of fused-ring (bicyclic) bond motifs is 8. The van der Waals surface area contributed by atoms with Crippen LogP contribution in [0.25, 0.3) is 99.2 Å². The molecule has 14 aromatic rings. The van der Waals surface area contributed by atoms with Gasteiger partial charge in [-0.3, -0.25) is 0 Å². The second kappa shape index (κ2) is 18.2. The second-order valence-corrected chi connectivity index (χ2v) is 21.0. The highest BCUT2D eigenvalue weighted by molar-refractivity contribution is 7.00. The summed E-state index contributed by atoms with van der Waals surface area (Å²) < 4.78 is 0. The van der Waals surface area contributed by atoms with Crippen LogP contribution in [0, 0.1) is 0 Å². The first kappa shape index (κ1) is 44.9. The standard InChI is InChI=1S/C74H47BN4/c1-5-17-48(18-6-1)50-29-33-63(34-30-50)78-69-43-60-39-56-27-15-13-25-54(56)37-58(60)41-65(69)75-66-42-59-38-55-26-14-16-28-57(55)40-61(59)44-70(66)79(64-35-31-51(32-36-64)49-19-7-2-8-20-49)72-46-62(45-71(78)73(72)75)74-76-67(52-21-9-3-10-22-52)47-68(77-74)53-23-11-4-12-24-53/h1-47H. The van der Waals surface area contributed by atoms with Crippen molar-refractivity contribution in [3.63, 3.8) is 0 Å². The molecule has 0 bridgehead atoms. The van der Waals surface area contributed by atoms with Crippen LogP contribution in [-0.4, -0.2) is 16.7 Å². The molecule has 0 unspecified atom stereocenters. The molecule has 0 amide bonds. The Morgan fingerprint density at radius 2 is 0.570 bits per heavy atom. The molecular formula is C74H47BN4. The van der Waals surface area contributed by atoms with Gasteiger partial charge < -0.3 is 9.80 Å². The number of benzene rings is 13. The summed E-state index contributed by atoms with van der Waals surface area (Å²) in [6, 6.07) is 104. The highest BCUT2D eigenvalue weighted by Crippen LogP contribution is 2.48. The maximum atomic E-state index is 5.53. The van der Waals surface area contributed by atoms with Crippen molar-refractivity contribution in [1.29, 1.82) is 0 Å². The molecule has 0 spiro atoms. The molecule has 13 aromatic carbocycles.